The molecule has 2 saturated heterocycles. The Morgan fingerprint density at radius 2 is 1.92 bits per heavy atom. The van der Waals surface area contributed by atoms with E-state index in [1.165, 1.54) is 12.1 Å². The first kappa shape index (κ1) is 17.5. The number of rotatable bonds is 6. The fourth-order valence-corrected chi connectivity index (χ4v) is 3.89. The second-order valence-electron chi connectivity index (χ2n) is 7.16. The molecule has 1 atom stereocenters. The lowest BCUT2D eigenvalue weighted by atomic mass is 9.81. The lowest BCUT2D eigenvalue weighted by molar-refractivity contribution is -0.146. The van der Waals surface area contributed by atoms with E-state index in [4.69, 9.17) is 9.47 Å². The first-order valence-corrected chi connectivity index (χ1v) is 8.91. The molecular weight excluding hydrogens is 338 g/mol. The molecule has 26 heavy (non-hydrogen) atoms. The van der Waals surface area contributed by atoms with Crippen molar-refractivity contribution in [3.05, 3.63) is 65.5 Å². The molecule has 0 aliphatic carbocycles. The zero-order chi connectivity index (χ0) is 18.0. The third-order valence-corrected chi connectivity index (χ3v) is 5.31. The summed E-state index contributed by atoms with van der Waals surface area (Å²) in [4.78, 5) is 6.21. The Kier molecular flexibility index (Phi) is 4.98. The van der Waals surface area contributed by atoms with E-state index in [0.29, 0.717) is 25.7 Å². The number of halogens is 2. The molecule has 4 nitrogen and oxygen atoms in total. The van der Waals surface area contributed by atoms with Gasteiger partial charge in [-0.2, -0.15) is 0 Å². The van der Waals surface area contributed by atoms with Gasteiger partial charge >= 0.3 is 0 Å². The van der Waals surface area contributed by atoms with E-state index in [2.05, 4.69) is 9.88 Å². The van der Waals surface area contributed by atoms with Gasteiger partial charge in [0.05, 0.1) is 18.8 Å². The van der Waals surface area contributed by atoms with Gasteiger partial charge in [0.2, 0.25) is 0 Å². The second-order valence-corrected chi connectivity index (χ2v) is 7.16. The minimum atomic E-state index is -0.806. The molecule has 0 radical (unpaired) electrons. The molecule has 1 unspecified atom stereocenters. The number of nitrogens with zero attached hydrogens (tertiary/aromatic N) is 2. The van der Waals surface area contributed by atoms with Crippen LogP contribution in [-0.4, -0.2) is 41.8 Å². The number of aromatic nitrogens is 1. The van der Waals surface area contributed by atoms with E-state index in [-0.39, 0.29) is 5.60 Å². The topological polar surface area (TPSA) is 34.6 Å². The Bertz CT molecular complexity index is 751. The molecule has 1 spiro atoms. The van der Waals surface area contributed by atoms with Crippen LogP contribution in [0.1, 0.15) is 17.5 Å². The maximum atomic E-state index is 13.3. The number of hydrogen-bond acceptors (Lipinski definition) is 4. The van der Waals surface area contributed by atoms with Gasteiger partial charge in [0.25, 0.3) is 0 Å². The predicted molar refractivity (Wildman–Crippen MR) is 92.3 cm³/mol. The third kappa shape index (κ3) is 3.63. The molecule has 6 heteroatoms. The fraction of sp³-hybridized carbons (Fsp3) is 0.450. The van der Waals surface area contributed by atoms with Crippen molar-refractivity contribution in [2.75, 3.05) is 26.3 Å². The number of benzene rings is 1. The largest absolute Gasteiger partial charge is 0.376 e. The van der Waals surface area contributed by atoms with Crippen LogP contribution in [0.4, 0.5) is 8.78 Å². The summed E-state index contributed by atoms with van der Waals surface area (Å²) in [6, 6.07) is 7.99. The molecule has 138 valence electrons. The molecule has 0 amide bonds. The van der Waals surface area contributed by atoms with Crippen LogP contribution in [-0.2, 0) is 22.6 Å². The van der Waals surface area contributed by atoms with Gasteiger partial charge in [-0.15, -0.1) is 0 Å². The van der Waals surface area contributed by atoms with Gasteiger partial charge in [-0.3, -0.25) is 9.88 Å². The van der Waals surface area contributed by atoms with Gasteiger partial charge in [0, 0.05) is 44.6 Å². The molecule has 2 fully saturated rings. The summed E-state index contributed by atoms with van der Waals surface area (Å²) in [7, 11) is 0. The van der Waals surface area contributed by atoms with Crippen LogP contribution in [0.5, 0.6) is 0 Å². The predicted octanol–water partition coefficient (Wildman–Crippen LogP) is 3.17. The highest BCUT2D eigenvalue weighted by Crippen LogP contribution is 2.40. The standard InChI is InChI=1S/C20H22F2N2O2/c21-18-2-1-16(9-19(18)22)10-24-13-20(14-24)17(5-8-26-20)12-25-11-15-3-6-23-7-4-15/h1-4,6-7,9,17H,5,8,10-14H2. The van der Waals surface area contributed by atoms with Crippen LogP contribution in [0.25, 0.3) is 0 Å². The van der Waals surface area contributed by atoms with Crippen LogP contribution >= 0.6 is 0 Å². The average Bonchev–Trinajstić information content (AvgIpc) is 3.03. The van der Waals surface area contributed by atoms with Crippen molar-refractivity contribution >= 4 is 0 Å². The molecular formula is C20H22F2N2O2. The van der Waals surface area contributed by atoms with Crippen LogP contribution in [0.2, 0.25) is 0 Å². The minimum Gasteiger partial charge on any atom is -0.376 e. The van der Waals surface area contributed by atoms with Gasteiger partial charge in [-0.05, 0) is 41.8 Å². The van der Waals surface area contributed by atoms with Crippen molar-refractivity contribution < 1.29 is 18.3 Å². The highest BCUT2D eigenvalue weighted by Gasteiger charge is 2.52. The summed E-state index contributed by atoms with van der Waals surface area (Å²) in [5.74, 6) is -1.23. The van der Waals surface area contributed by atoms with Crippen molar-refractivity contribution in [3.63, 3.8) is 0 Å². The average molecular weight is 360 g/mol. The number of pyridine rings is 1. The maximum absolute atomic E-state index is 13.3. The third-order valence-electron chi connectivity index (χ3n) is 5.31. The quantitative estimate of drug-likeness (QED) is 0.793. The normalized spacial score (nSPS) is 21.8. The lowest BCUT2D eigenvalue weighted by Gasteiger charge is -2.50. The smallest absolute Gasteiger partial charge is 0.159 e. The maximum Gasteiger partial charge on any atom is 0.159 e. The van der Waals surface area contributed by atoms with Gasteiger partial charge in [-0.25, -0.2) is 8.78 Å². The Hall–Kier alpha value is -1.89. The van der Waals surface area contributed by atoms with E-state index in [9.17, 15) is 8.78 Å². The number of likely N-dealkylation sites (tertiary alicyclic amines) is 1. The summed E-state index contributed by atoms with van der Waals surface area (Å²) >= 11 is 0. The summed E-state index contributed by atoms with van der Waals surface area (Å²) in [5, 5.41) is 0. The van der Waals surface area contributed by atoms with Crippen LogP contribution in [0.15, 0.2) is 42.7 Å². The summed E-state index contributed by atoms with van der Waals surface area (Å²) in [6.45, 7) is 4.20. The molecule has 4 rings (SSSR count). The Morgan fingerprint density at radius 3 is 2.69 bits per heavy atom. The van der Waals surface area contributed by atoms with Crippen molar-refractivity contribution in [2.45, 2.75) is 25.2 Å². The van der Waals surface area contributed by atoms with Crippen molar-refractivity contribution in [1.29, 1.82) is 0 Å². The summed E-state index contributed by atoms with van der Waals surface area (Å²) in [6.07, 6.45) is 4.53. The van der Waals surface area contributed by atoms with E-state index in [1.807, 2.05) is 12.1 Å². The van der Waals surface area contributed by atoms with Gasteiger partial charge in [0.1, 0.15) is 0 Å². The summed E-state index contributed by atoms with van der Waals surface area (Å²) < 4.78 is 38.3. The zero-order valence-corrected chi connectivity index (χ0v) is 14.5. The molecule has 0 saturated carbocycles. The Labute approximate surface area is 151 Å². The van der Waals surface area contributed by atoms with E-state index < -0.39 is 11.6 Å². The van der Waals surface area contributed by atoms with Crippen molar-refractivity contribution in [2.24, 2.45) is 5.92 Å². The molecule has 2 aliphatic rings. The van der Waals surface area contributed by atoms with E-state index >= 15 is 0 Å². The van der Waals surface area contributed by atoms with Crippen LogP contribution in [0, 0.1) is 17.6 Å². The van der Waals surface area contributed by atoms with Crippen LogP contribution < -0.4 is 0 Å². The second kappa shape index (κ2) is 7.39. The first-order valence-electron chi connectivity index (χ1n) is 8.91. The lowest BCUT2D eigenvalue weighted by Crippen LogP contribution is -2.64. The molecule has 0 bridgehead atoms. The SMILES string of the molecule is Fc1ccc(CN2CC3(C2)OCCC3COCc2ccncc2)cc1F. The van der Waals surface area contributed by atoms with Crippen LogP contribution in [0.3, 0.4) is 0 Å². The van der Waals surface area contributed by atoms with E-state index in [1.54, 1.807) is 18.5 Å². The molecule has 0 N–H and O–H groups in total. The van der Waals surface area contributed by atoms with Gasteiger partial charge < -0.3 is 9.47 Å². The fourth-order valence-electron chi connectivity index (χ4n) is 3.89. The molecule has 3 heterocycles. The Morgan fingerprint density at radius 1 is 1.12 bits per heavy atom. The van der Waals surface area contributed by atoms with Gasteiger partial charge in [-0.1, -0.05) is 6.07 Å². The van der Waals surface area contributed by atoms with Crippen molar-refractivity contribution in [3.8, 4) is 0 Å². The zero-order valence-electron chi connectivity index (χ0n) is 14.5. The molecule has 2 aromatic rings. The van der Waals surface area contributed by atoms with Gasteiger partial charge in [0.15, 0.2) is 11.6 Å². The molecule has 1 aromatic carbocycles. The summed E-state index contributed by atoms with van der Waals surface area (Å²) in [5.41, 5.74) is 1.74. The minimum absolute atomic E-state index is 0.156. The monoisotopic (exact) mass is 360 g/mol. The van der Waals surface area contributed by atoms with E-state index in [0.717, 1.165) is 37.2 Å². The number of ether oxygens (including phenoxy) is 2. The highest BCUT2D eigenvalue weighted by molar-refractivity contribution is 5.19. The Balaban J connectivity index is 1.28. The molecule has 1 aromatic heterocycles. The number of hydrogen-bond donors (Lipinski definition) is 0. The highest BCUT2D eigenvalue weighted by atomic mass is 19.2. The first-order chi connectivity index (χ1) is 12.6. The van der Waals surface area contributed by atoms with Crippen molar-refractivity contribution in [1.82, 2.24) is 9.88 Å². The molecule has 2 aliphatic heterocycles.